The highest BCUT2D eigenvalue weighted by atomic mass is 16.7. The Kier molecular flexibility index (Phi) is 7.21. The van der Waals surface area contributed by atoms with Gasteiger partial charge in [-0.05, 0) is 58.5 Å². The van der Waals surface area contributed by atoms with Crippen LogP contribution in [0.4, 0.5) is 0 Å². The third-order valence-corrected chi connectivity index (χ3v) is 4.53. The summed E-state index contributed by atoms with van der Waals surface area (Å²) in [6, 6.07) is 0. The highest BCUT2D eigenvalue weighted by Crippen LogP contribution is 2.23. The number of rotatable bonds is 7. The van der Waals surface area contributed by atoms with Crippen molar-refractivity contribution in [2.45, 2.75) is 71.7 Å². The SMILES string of the molecule is CC(C)=CCC[C@H](C)C[C@H]1OC[C@@H](CN2CCCCC2)O1. The van der Waals surface area contributed by atoms with Crippen molar-refractivity contribution in [3.63, 3.8) is 0 Å². The van der Waals surface area contributed by atoms with E-state index in [9.17, 15) is 0 Å². The van der Waals surface area contributed by atoms with Gasteiger partial charge in [-0.1, -0.05) is 25.0 Å². The van der Waals surface area contributed by atoms with Crippen LogP contribution >= 0.6 is 0 Å². The lowest BCUT2D eigenvalue weighted by molar-refractivity contribution is -0.0745. The van der Waals surface area contributed by atoms with Crippen LogP contribution in [-0.4, -0.2) is 43.5 Å². The van der Waals surface area contributed by atoms with Gasteiger partial charge in [0, 0.05) is 13.0 Å². The van der Waals surface area contributed by atoms with E-state index in [0.717, 1.165) is 19.6 Å². The zero-order chi connectivity index (χ0) is 15.1. The van der Waals surface area contributed by atoms with Crippen molar-refractivity contribution in [2.24, 2.45) is 5.92 Å². The second-order valence-corrected chi connectivity index (χ2v) is 7.08. The molecular weight excluding hydrogens is 262 g/mol. The molecule has 2 aliphatic rings. The molecule has 0 radical (unpaired) electrons. The van der Waals surface area contributed by atoms with Crippen LogP contribution in [0.15, 0.2) is 11.6 Å². The van der Waals surface area contributed by atoms with E-state index in [1.807, 2.05) is 0 Å². The lowest BCUT2D eigenvalue weighted by Gasteiger charge is -2.28. The number of hydrogen-bond acceptors (Lipinski definition) is 3. The molecule has 0 aromatic rings. The Labute approximate surface area is 130 Å². The lowest BCUT2D eigenvalue weighted by atomic mass is 10.0. The van der Waals surface area contributed by atoms with Crippen molar-refractivity contribution in [1.82, 2.24) is 4.90 Å². The van der Waals surface area contributed by atoms with Crippen LogP contribution in [0.25, 0.3) is 0 Å². The summed E-state index contributed by atoms with van der Waals surface area (Å²) in [5.41, 5.74) is 1.41. The Hall–Kier alpha value is -0.380. The molecule has 0 aromatic carbocycles. The van der Waals surface area contributed by atoms with Crippen LogP contribution < -0.4 is 0 Å². The quantitative estimate of drug-likeness (QED) is 0.663. The molecule has 2 saturated heterocycles. The molecule has 3 heteroatoms. The number of likely N-dealkylation sites (tertiary alicyclic amines) is 1. The summed E-state index contributed by atoms with van der Waals surface area (Å²) >= 11 is 0. The van der Waals surface area contributed by atoms with E-state index in [1.165, 1.54) is 50.8 Å². The van der Waals surface area contributed by atoms with Gasteiger partial charge in [-0.25, -0.2) is 0 Å². The monoisotopic (exact) mass is 295 g/mol. The third kappa shape index (κ3) is 6.50. The number of piperidine rings is 1. The number of hydrogen-bond donors (Lipinski definition) is 0. The summed E-state index contributed by atoms with van der Waals surface area (Å²) < 4.78 is 11.9. The molecular formula is C18H33NO2. The third-order valence-electron chi connectivity index (χ3n) is 4.53. The first kappa shape index (κ1) is 17.0. The van der Waals surface area contributed by atoms with Gasteiger partial charge in [0.2, 0.25) is 0 Å². The topological polar surface area (TPSA) is 21.7 Å². The summed E-state index contributed by atoms with van der Waals surface area (Å²) in [4.78, 5) is 2.54. The van der Waals surface area contributed by atoms with Crippen molar-refractivity contribution in [3.05, 3.63) is 11.6 Å². The van der Waals surface area contributed by atoms with Crippen LogP contribution in [0.5, 0.6) is 0 Å². The Morgan fingerprint density at radius 1 is 1.24 bits per heavy atom. The minimum Gasteiger partial charge on any atom is -0.350 e. The Balaban J connectivity index is 1.61. The molecule has 0 amide bonds. The van der Waals surface area contributed by atoms with E-state index < -0.39 is 0 Å². The highest BCUT2D eigenvalue weighted by Gasteiger charge is 2.28. The average Bonchev–Trinajstić information content (AvgIpc) is 2.86. The maximum atomic E-state index is 6.08. The zero-order valence-corrected chi connectivity index (χ0v) is 14.1. The molecule has 3 atom stereocenters. The fraction of sp³-hybridized carbons (Fsp3) is 0.889. The first-order chi connectivity index (χ1) is 10.1. The van der Waals surface area contributed by atoms with Crippen molar-refractivity contribution >= 4 is 0 Å². The van der Waals surface area contributed by atoms with Gasteiger partial charge >= 0.3 is 0 Å². The molecule has 2 fully saturated rings. The number of allylic oxidation sites excluding steroid dienone is 2. The maximum absolute atomic E-state index is 6.08. The van der Waals surface area contributed by atoms with Crippen LogP contribution in [0, 0.1) is 5.92 Å². The molecule has 3 nitrogen and oxygen atoms in total. The van der Waals surface area contributed by atoms with Crippen LogP contribution in [0.2, 0.25) is 0 Å². The highest BCUT2D eigenvalue weighted by molar-refractivity contribution is 4.92. The van der Waals surface area contributed by atoms with Gasteiger partial charge < -0.3 is 14.4 Å². The fourth-order valence-electron chi connectivity index (χ4n) is 3.26. The summed E-state index contributed by atoms with van der Waals surface area (Å²) in [5.74, 6) is 0.666. The van der Waals surface area contributed by atoms with Gasteiger partial charge in [0.05, 0.1) is 12.7 Å². The minimum atomic E-state index is 0.0292. The van der Waals surface area contributed by atoms with Gasteiger partial charge in [-0.15, -0.1) is 0 Å². The number of ether oxygens (including phenoxy) is 2. The summed E-state index contributed by atoms with van der Waals surface area (Å²) in [7, 11) is 0. The molecule has 2 aliphatic heterocycles. The second kappa shape index (κ2) is 8.92. The molecule has 21 heavy (non-hydrogen) atoms. The van der Waals surface area contributed by atoms with Gasteiger partial charge in [-0.2, -0.15) is 0 Å². The van der Waals surface area contributed by atoms with Crippen molar-refractivity contribution in [1.29, 1.82) is 0 Å². The molecule has 0 aliphatic carbocycles. The van der Waals surface area contributed by atoms with Crippen molar-refractivity contribution < 1.29 is 9.47 Å². The van der Waals surface area contributed by atoms with Crippen molar-refractivity contribution in [2.75, 3.05) is 26.2 Å². The predicted octanol–water partition coefficient (Wildman–Crippen LogP) is 3.99. The smallest absolute Gasteiger partial charge is 0.158 e. The van der Waals surface area contributed by atoms with Gasteiger partial charge in [0.15, 0.2) is 6.29 Å². The molecule has 2 rings (SSSR count). The molecule has 0 unspecified atom stereocenters. The molecule has 122 valence electrons. The summed E-state index contributed by atoms with van der Waals surface area (Å²) in [6.07, 6.45) is 10.2. The molecule has 0 aromatic heterocycles. The summed E-state index contributed by atoms with van der Waals surface area (Å²) in [6.45, 7) is 11.0. The molecule has 0 spiro atoms. The fourth-order valence-corrected chi connectivity index (χ4v) is 3.26. The molecule has 0 N–H and O–H groups in total. The largest absolute Gasteiger partial charge is 0.350 e. The predicted molar refractivity (Wildman–Crippen MR) is 87.4 cm³/mol. The lowest BCUT2D eigenvalue weighted by Crippen LogP contribution is -2.37. The standard InChI is InChI=1S/C18H33NO2/c1-15(2)8-7-9-16(3)12-18-20-14-17(21-18)13-19-10-5-4-6-11-19/h8,16-18H,4-7,9-14H2,1-3H3/t16-,17+,18-/m0/s1. The minimum absolute atomic E-state index is 0.0292. The van der Waals surface area contributed by atoms with E-state index >= 15 is 0 Å². The normalized spacial score (nSPS) is 28.5. The van der Waals surface area contributed by atoms with E-state index in [4.69, 9.17) is 9.47 Å². The molecule has 0 saturated carbocycles. The van der Waals surface area contributed by atoms with Crippen LogP contribution in [-0.2, 0) is 9.47 Å². The average molecular weight is 295 g/mol. The van der Waals surface area contributed by atoms with E-state index in [-0.39, 0.29) is 12.4 Å². The first-order valence-corrected chi connectivity index (χ1v) is 8.76. The number of nitrogens with zero attached hydrogens (tertiary/aromatic N) is 1. The van der Waals surface area contributed by atoms with E-state index in [1.54, 1.807) is 0 Å². The maximum Gasteiger partial charge on any atom is 0.158 e. The first-order valence-electron chi connectivity index (χ1n) is 8.76. The van der Waals surface area contributed by atoms with Crippen molar-refractivity contribution in [3.8, 4) is 0 Å². The van der Waals surface area contributed by atoms with E-state index in [0.29, 0.717) is 5.92 Å². The summed E-state index contributed by atoms with van der Waals surface area (Å²) in [5, 5.41) is 0. The zero-order valence-electron chi connectivity index (χ0n) is 14.1. The molecule has 0 bridgehead atoms. The molecule has 2 heterocycles. The van der Waals surface area contributed by atoms with Gasteiger partial charge in [0.25, 0.3) is 0 Å². The Bertz CT molecular complexity index is 319. The van der Waals surface area contributed by atoms with E-state index in [2.05, 4.69) is 31.7 Å². The van der Waals surface area contributed by atoms with Crippen LogP contribution in [0.3, 0.4) is 0 Å². The second-order valence-electron chi connectivity index (χ2n) is 7.08. The van der Waals surface area contributed by atoms with Gasteiger partial charge in [-0.3, -0.25) is 0 Å². The Morgan fingerprint density at radius 3 is 2.71 bits per heavy atom. The Morgan fingerprint density at radius 2 is 2.00 bits per heavy atom. The van der Waals surface area contributed by atoms with Gasteiger partial charge in [0.1, 0.15) is 0 Å². The van der Waals surface area contributed by atoms with Crippen LogP contribution in [0.1, 0.15) is 59.3 Å².